The van der Waals surface area contributed by atoms with E-state index >= 15 is 0 Å². The van der Waals surface area contributed by atoms with E-state index in [1.807, 2.05) is 0 Å². The minimum Gasteiger partial charge on any atom is -0.396 e. The molecule has 2 rings (SSSR count). The number of thioether (sulfide) groups is 1. The van der Waals surface area contributed by atoms with E-state index in [1.54, 1.807) is 11.8 Å². The molecule has 0 unspecified atom stereocenters. The van der Waals surface area contributed by atoms with Gasteiger partial charge in [-0.25, -0.2) is 0 Å². The molecule has 0 aliphatic heterocycles. The van der Waals surface area contributed by atoms with E-state index < -0.39 is 0 Å². The van der Waals surface area contributed by atoms with Crippen molar-refractivity contribution < 1.29 is 5.11 Å². The molecule has 19 heavy (non-hydrogen) atoms. The Bertz CT molecular complexity index is 493. The Morgan fingerprint density at radius 2 is 2.00 bits per heavy atom. The van der Waals surface area contributed by atoms with Gasteiger partial charge in [0.2, 0.25) is 0 Å². The van der Waals surface area contributed by atoms with Gasteiger partial charge in [-0.3, -0.25) is 0 Å². The van der Waals surface area contributed by atoms with Crippen LogP contribution in [0.2, 0.25) is 0 Å². The Balaban J connectivity index is 1.83. The summed E-state index contributed by atoms with van der Waals surface area (Å²) in [4.78, 5) is 1.25. The fourth-order valence-corrected chi connectivity index (χ4v) is 2.63. The van der Waals surface area contributed by atoms with Gasteiger partial charge in [0.15, 0.2) is 0 Å². The molecule has 2 N–H and O–H groups in total. The Labute approximate surface area is 118 Å². The predicted molar refractivity (Wildman–Crippen MR) is 81.6 cm³/mol. The second-order valence-corrected chi connectivity index (χ2v) is 5.58. The summed E-state index contributed by atoms with van der Waals surface area (Å²) in [6, 6.07) is 12.6. The first kappa shape index (κ1) is 14.0. The molecule has 102 valence electrons. The van der Waals surface area contributed by atoms with E-state index in [9.17, 15) is 0 Å². The first-order valence-corrected chi connectivity index (χ1v) is 7.46. The van der Waals surface area contributed by atoms with Gasteiger partial charge in [0.1, 0.15) is 0 Å². The zero-order valence-electron chi connectivity index (χ0n) is 11.2. The van der Waals surface area contributed by atoms with E-state index in [4.69, 9.17) is 5.11 Å². The van der Waals surface area contributed by atoms with E-state index in [0.717, 1.165) is 24.4 Å². The molecule has 0 aliphatic rings. The van der Waals surface area contributed by atoms with Crippen LogP contribution in [0.4, 0.5) is 5.69 Å². The smallest absolute Gasteiger partial charge is 0.0553 e. The van der Waals surface area contributed by atoms with Crippen molar-refractivity contribution in [3.8, 4) is 0 Å². The summed E-state index contributed by atoms with van der Waals surface area (Å²) in [5.41, 5.74) is 2.40. The highest BCUT2D eigenvalue weighted by atomic mass is 32.2. The summed E-state index contributed by atoms with van der Waals surface area (Å²) in [5.74, 6) is 0.965. The standard InChI is InChI=1S/C15H20N2OS/c1-17-9-2-4-14(17)12-16-13-5-7-15(8-6-13)19-11-3-10-18/h2,4-9,16,18H,3,10-12H2,1H3. The third kappa shape index (κ3) is 4.33. The topological polar surface area (TPSA) is 37.2 Å². The van der Waals surface area contributed by atoms with Gasteiger partial charge in [0.05, 0.1) is 6.54 Å². The first-order chi connectivity index (χ1) is 9.29. The molecular formula is C15H20N2OS. The molecule has 0 amide bonds. The minimum atomic E-state index is 0.267. The number of anilines is 1. The predicted octanol–water partition coefficient (Wildman–Crippen LogP) is 3.11. The SMILES string of the molecule is Cn1cccc1CNc1ccc(SCCCO)cc1. The lowest BCUT2D eigenvalue weighted by molar-refractivity contribution is 0.296. The maximum Gasteiger partial charge on any atom is 0.0553 e. The van der Waals surface area contributed by atoms with Crippen LogP contribution in [0.1, 0.15) is 12.1 Å². The van der Waals surface area contributed by atoms with Gasteiger partial charge in [0, 0.05) is 41.9 Å². The Morgan fingerprint density at radius 3 is 2.63 bits per heavy atom. The fourth-order valence-electron chi connectivity index (χ4n) is 1.80. The van der Waals surface area contributed by atoms with Gasteiger partial charge in [-0.15, -0.1) is 11.8 Å². The molecule has 2 aromatic rings. The zero-order chi connectivity index (χ0) is 13.5. The third-order valence-electron chi connectivity index (χ3n) is 2.95. The average Bonchev–Trinajstić information content (AvgIpc) is 2.84. The van der Waals surface area contributed by atoms with E-state index in [-0.39, 0.29) is 6.61 Å². The molecule has 1 aromatic carbocycles. The number of aliphatic hydroxyl groups excluding tert-OH is 1. The molecule has 0 saturated carbocycles. The average molecular weight is 276 g/mol. The van der Waals surface area contributed by atoms with Crippen LogP contribution < -0.4 is 5.32 Å². The van der Waals surface area contributed by atoms with Crippen molar-refractivity contribution in [2.75, 3.05) is 17.7 Å². The molecule has 0 fully saturated rings. The lowest BCUT2D eigenvalue weighted by Crippen LogP contribution is -2.03. The minimum absolute atomic E-state index is 0.267. The fraction of sp³-hybridized carbons (Fsp3) is 0.333. The number of aryl methyl sites for hydroxylation is 1. The van der Waals surface area contributed by atoms with Gasteiger partial charge in [-0.1, -0.05) is 0 Å². The van der Waals surface area contributed by atoms with Gasteiger partial charge in [-0.2, -0.15) is 0 Å². The monoisotopic (exact) mass is 276 g/mol. The summed E-state index contributed by atoms with van der Waals surface area (Å²) >= 11 is 1.78. The zero-order valence-corrected chi connectivity index (χ0v) is 12.0. The number of nitrogens with one attached hydrogen (secondary N) is 1. The third-order valence-corrected chi connectivity index (χ3v) is 4.05. The lowest BCUT2D eigenvalue weighted by atomic mass is 10.3. The number of hydrogen-bond donors (Lipinski definition) is 2. The summed E-state index contributed by atoms with van der Waals surface area (Å²) in [7, 11) is 2.05. The normalized spacial score (nSPS) is 10.6. The Hall–Kier alpha value is -1.39. The first-order valence-electron chi connectivity index (χ1n) is 6.47. The van der Waals surface area contributed by atoms with Gasteiger partial charge < -0.3 is 15.0 Å². The number of aliphatic hydroxyl groups is 1. The number of aromatic nitrogens is 1. The Morgan fingerprint density at radius 1 is 1.21 bits per heavy atom. The molecule has 1 aromatic heterocycles. The highest BCUT2D eigenvalue weighted by Crippen LogP contribution is 2.21. The summed E-state index contributed by atoms with van der Waals surface area (Å²) in [6.07, 6.45) is 2.90. The molecule has 3 nitrogen and oxygen atoms in total. The second-order valence-electron chi connectivity index (χ2n) is 4.41. The number of nitrogens with zero attached hydrogens (tertiary/aromatic N) is 1. The molecule has 0 atom stereocenters. The quantitative estimate of drug-likeness (QED) is 0.603. The van der Waals surface area contributed by atoms with Crippen LogP contribution in [0.25, 0.3) is 0 Å². The molecule has 0 aliphatic carbocycles. The molecule has 4 heteroatoms. The number of benzene rings is 1. The molecule has 0 spiro atoms. The number of hydrogen-bond acceptors (Lipinski definition) is 3. The number of rotatable bonds is 7. The molecule has 0 saturated heterocycles. The lowest BCUT2D eigenvalue weighted by Gasteiger charge is -2.08. The van der Waals surface area contributed by atoms with Crippen molar-refractivity contribution in [1.29, 1.82) is 0 Å². The highest BCUT2D eigenvalue weighted by Gasteiger charge is 1.98. The molecule has 0 radical (unpaired) electrons. The van der Waals surface area contributed by atoms with Crippen LogP contribution >= 0.6 is 11.8 Å². The summed E-state index contributed by atoms with van der Waals surface area (Å²) < 4.78 is 2.12. The van der Waals surface area contributed by atoms with Crippen molar-refractivity contribution in [2.24, 2.45) is 7.05 Å². The summed E-state index contributed by atoms with van der Waals surface area (Å²) in [5, 5.41) is 12.2. The highest BCUT2D eigenvalue weighted by molar-refractivity contribution is 7.99. The van der Waals surface area contributed by atoms with E-state index in [0.29, 0.717) is 0 Å². The largest absolute Gasteiger partial charge is 0.396 e. The van der Waals surface area contributed by atoms with Crippen LogP contribution in [0, 0.1) is 0 Å². The van der Waals surface area contributed by atoms with Crippen LogP contribution in [0.15, 0.2) is 47.5 Å². The van der Waals surface area contributed by atoms with Gasteiger partial charge in [0.25, 0.3) is 0 Å². The van der Waals surface area contributed by atoms with E-state index in [1.165, 1.54) is 10.6 Å². The van der Waals surface area contributed by atoms with Crippen molar-refractivity contribution in [1.82, 2.24) is 4.57 Å². The van der Waals surface area contributed by atoms with Crippen molar-refractivity contribution in [2.45, 2.75) is 17.9 Å². The molecular weight excluding hydrogens is 256 g/mol. The molecule has 0 bridgehead atoms. The van der Waals surface area contributed by atoms with Gasteiger partial charge in [-0.05, 0) is 42.8 Å². The maximum absolute atomic E-state index is 8.75. The van der Waals surface area contributed by atoms with E-state index in [2.05, 4.69) is 59.5 Å². The maximum atomic E-state index is 8.75. The Kier molecular flexibility index (Phi) is 5.36. The van der Waals surface area contributed by atoms with Crippen molar-refractivity contribution >= 4 is 17.4 Å². The van der Waals surface area contributed by atoms with Crippen LogP contribution in [-0.4, -0.2) is 22.0 Å². The van der Waals surface area contributed by atoms with Crippen LogP contribution in [0.3, 0.4) is 0 Å². The van der Waals surface area contributed by atoms with Gasteiger partial charge >= 0.3 is 0 Å². The van der Waals surface area contributed by atoms with Crippen LogP contribution in [0.5, 0.6) is 0 Å². The molecule has 1 heterocycles. The van der Waals surface area contributed by atoms with Crippen molar-refractivity contribution in [3.05, 3.63) is 48.3 Å². The second kappa shape index (κ2) is 7.26. The summed E-state index contributed by atoms with van der Waals surface area (Å²) in [6.45, 7) is 1.10. The van der Waals surface area contributed by atoms with Crippen LogP contribution in [-0.2, 0) is 13.6 Å². The van der Waals surface area contributed by atoms with Crippen molar-refractivity contribution in [3.63, 3.8) is 0 Å².